The molecule has 0 bridgehead atoms. The number of hydrogen-bond donors (Lipinski definition) is 2. The van der Waals surface area contributed by atoms with E-state index >= 15 is 0 Å². The lowest BCUT2D eigenvalue weighted by molar-refractivity contribution is -0.140. The molecule has 49 heavy (non-hydrogen) atoms. The zero-order valence-corrected chi connectivity index (χ0v) is 32.6. The summed E-state index contributed by atoms with van der Waals surface area (Å²) in [6, 6.07) is 18.2. The van der Waals surface area contributed by atoms with Crippen LogP contribution in [-0.2, 0) is 54.6 Å². The molecule has 0 atom stereocenters. The Morgan fingerprint density at radius 1 is 0.592 bits per heavy atom. The van der Waals surface area contributed by atoms with Gasteiger partial charge in [-0.3, -0.25) is 9.59 Å². The number of benzene rings is 3. The lowest BCUT2D eigenvalue weighted by Crippen LogP contribution is -2.18. The number of methoxy groups -OCH3 is 1. The molecule has 0 fully saturated rings. The van der Waals surface area contributed by atoms with Crippen molar-refractivity contribution in [2.24, 2.45) is 0 Å². The summed E-state index contributed by atoms with van der Waals surface area (Å²) < 4.78 is 4.70. The van der Waals surface area contributed by atoms with Gasteiger partial charge in [0.1, 0.15) is 11.5 Å². The number of phenols is 2. The summed E-state index contributed by atoms with van der Waals surface area (Å²) in [6.07, 6.45) is 2.19. The molecule has 0 saturated heterocycles. The highest BCUT2D eigenvalue weighted by molar-refractivity contribution is 8.12. The number of ether oxygens (including phenoxy) is 1. The third kappa shape index (κ3) is 13.5. The first-order chi connectivity index (χ1) is 21.9. The van der Waals surface area contributed by atoms with E-state index < -0.39 is 0 Å². The molecule has 0 aliphatic carbocycles. The van der Waals surface area contributed by atoms with E-state index in [9.17, 15) is 19.8 Å². The Labute approximate surface area is 302 Å². The first-order valence-corrected chi connectivity index (χ1v) is 17.9. The van der Waals surface area contributed by atoms with Crippen LogP contribution in [0.25, 0.3) is 0 Å². The summed E-state index contributed by atoms with van der Waals surface area (Å²) in [5.41, 5.74) is 6.53. The number of hydrogen-bond acceptors (Lipinski definition) is 6. The summed E-state index contributed by atoms with van der Waals surface area (Å²) in [6.45, 7) is 25.2. The van der Waals surface area contributed by atoms with Gasteiger partial charge in [-0.15, -0.1) is 0 Å². The third-order valence-corrected chi connectivity index (χ3v) is 9.28. The highest BCUT2D eigenvalue weighted by atomic mass is 32.2. The molecule has 3 aromatic carbocycles. The lowest BCUT2D eigenvalue weighted by atomic mass is 9.78. The molecule has 0 radical (unpaired) electrons. The van der Waals surface area contributed by atoms with Gasteiger partial charge < -0.3 is 14.9 Å². The van der Waals surface area contributed by atoms with Crippen molar-refractivity contribution < 1.29 is 24.5 Å². The molecular formula is C43H64O5S. The molecular weight excluding hydrogens is 629 g/mol. The normalized spacial score (nSPS) is 12.0. The van der Waals surface area contributed by atoms with E-state index in [0.717, 1.165) is 39.1 Å². The molecule has 0 aliphatic heterocycles. The molecule has 0 heterocycles. The van der Waals surface area contributed by atoms with Crippen LogP contribution in [0.4, 0.5) is 0 Å². The van der Waals surface area contributed by atoms with Crippen molar-refractivity contribution in [3.8, 4) is 11.5 Å². The van der Waals surface area contributed by atoms with Crippen LogP contribution >= 0.6 is 11.8 Å². The SMILES string of the molecule is C.CC(C)(C)c1cc(CCC(=O)SCc2ccccc2)cc(C(C)(C)C)c1O.COC(=O)CCc1cc(C(C)(C)C)c(O)c(C(C)(C)C)c1. The van der Waals surface area contributed by atoms with E-state index in [4.69, 9.17) is 4.74 Å². The van der Waals surface area contributed by atoms with Gasteiger partial charge in [-0.25, -0.2) is 0 Å². The maximum absolute atomic E-state index is 12.3. The Hall–Kier alpha value is -3.25. The molecule has 0 aliphatic rings. The Balaban J connectivity index is 0.000000496. The first kappa shape index (κ1) is 43.8. The summed E-state index contributed by atoms with van der Waals surface area (Å²) in [5, 5.41) is 21.6. The van der Waals surface area contributed by atoms with E-state index in [2.05, 4.69) is 95.2 Å². The Bertz CT molecular complexity index is 1460. The zero-order chi connectivity index (χ0) is 36.7. The van der Waals surface area contributed by atoms with Crippen molar-refractivity contribution >= 4 is 22.8 Å². The van der Waals surface area contributed by atoms with Gasteiger partial charge in [-0.2, -0.15) is 0 Å². The van der Waals surface area contributed by atoms with Crippen LogP contribution in [0.5, 0.6) is 11.5 Å². The van der Waals surface area contributed by atoms with Crippen molar-refractivity contribution in [2.45, 2.75) is 144 Å². The lowest BCUT2D eigenvalue weighted by Gasteiger charge is -2.28. The van der Waals surface area contributed by atoms with E-state index in [1.165, 1.54) is 24.4 Å². The molecule has 0 aromatic heterocycles. The molecule has 2 N–H and O–H groups in total. The number of aryl methyl sites for hydroxylation is 2. The summed E-state index contributed by atoms with van der Waals surface area (Å²) in [5.74, 6) is 1.27. The number of phenolic OH excluding ortho intramolecular Hbond substituents is 2. The molecule has 5 nitrogen and oxygen atoms in total. The van der Waals surface area contributed by atoms with Crippen LogP contribution in [-0.4, -0.2) is 28.4 Å². The van der Waals surface area contributed by atoms with Crippen molar-refractivity contribution in [1.82, 2.24) is 0 Å². The number of esters is 1. The quantitative estimate of drug-likeness (QED) is 0.229. The summed E-state index contributed by atoms with van der Waals surface area (Å²) in [4.78, 5) is 23.7. The van der Waals surface area contributed by atoms with Gasteiger partial charge in [-0.05, 0) is 73.4 Å². The second-order valence-corrected chi connectivity index (χ2v) is 17.8. The summed E-state index contributed by atoms with van der Waals surface area (Å²) >= 11 is 1.38. The second-order valence-electron chi connectivity index (χ2n) is 16.8. The monoisotopic (exact) mass is 692 g/mol. The van der Waals surface area contributed by atoms with E-state index in [1.807, 2.05) is 42.5 Å². The van der Waals surface area contributed by atoms with Crippen molar-refractivity contribution in [1.29, 1.82) is 0 Å². The van der Waals surface area contributed by atoms with Gasteiger partial charge in [0.05, 0.1) is 7.11 Å². The van der Waals surface area contributed by atoms with Crippen LogP contribution in [0, 0.1) is 0 Å². The van der Waals surface area contributed by atoms with Gasteiger partial charge in [0.15, 0.2) is 5.12 Å². The molecule has 0 unspecified atom stereocenters. The molecule has 3 rings (SSSR count). The highest BCUT2D eigenvalue weighted by Gasteiger charge is 2.28. The van der Waals surface area contributed by atoms with Gasteiger partial charge in [-0.1, -0.05) is 157 Å². The number of rotatable bonds is 8. The van der Waals surface area contributed by atoms with Crippen LogP contribution < -0.4 is 0 Å². The standard InChI is InChI=1S/C24H32O2S.C18H28O3.CH4/c1-23(2,3)19-14-18(15-20(22(19)26)24(4,5)6)12-13-21(25)27-16-17-10-8-7-9-11-17;1-17(2,3)13-10-12(8-9-15(19)21-7)11-14(16(13)20)18(4,5)6;/h7-11,14-15,26H,12-13,16H2,1-6H3;10-11,20H,8-9H2,1-7H3;1H4. The smallest absolute Gasteiger partial charge is 0.305 e. The Morgan fingerprint density at radius 3 is 1.27 bits per heavy atom. The second kappa shape index (κ2) is 17.6. The maximum Gasteiger partial charge on any atom is 0.305 e. The minimum Gasteiger partial charge on any atom is -0.507 e. The Kier molecular flexibility index (Phi) is 15.7. The predicted molar refractivity (Wildman–Crippen MR) is 209 cm³/mol. The minimum atomic E-state index is -0.210. The third-order valence-electron chi connectivity index (χ3n) is 8.28. The van der Waals surface area contributed by atoms with Gasteiger partial charge in [0, 0.05) is 18.6 Å². The fourth-order valence-electron chi connectivity index (χ4n) is 5.37. The molecule has 0 amide bonds. The first-order valence-electron chi connectivity index (χ1n) is 16.9. The Morgan fingerprint density at radius 2 is 0.939 bits per heavy atom. The minimum absolute atomic E-state index is 0. The predicted octanol–water partition coefficient (Wildman–Crippen LogP) is 11.1. The summed E-state index contributed by atoms with van der Waals surface area (Å²) in [7, 11) is 1.40. The van der Waals surface area contributed by atoms with Crippen LogP contribution in [0.2, 0.25) is 0 Å². The molecule has 6 heteroatoms. The van der Waals surface area contributed by atoms with Crippen molar-refractivity contribution in [3.63, 3.8) is 0 Å². The average molecular weight is 693 g/mol. The fraction of sp³-hybridized carbons (Fsp3) is 0.535. The zero-order valence-electron chi connectivity index (χ0n) is 31.8. The number of thioether (sulfide) groups is 1. The fourth-order valence-corrected chi connectivity index (χ4v) is 6.14. The molecule has 0 spiro atoms. The van der Waals surface area contributed by atoms with E-state index in [1.54, 1.807) is 0 Å². The number of aromatic hydroxyl groups is 2. The molecule has 3 aromatic rings. The van der Waals surface area contributed by atoms with Gasteiger partial charge in [0.25, 0.3) is 0 Å². The van der Waals surface area contributed by atoms with E-state index in [0.29, 0.717) is 37.2 Å². The van der Waals surface area contributed by atoms with Gasteiger partial charge in [0.2, 0.25) is 0 Å². The van der Waals surface area contributed by atoms with Crippen LogP contribution in [0.3, 0.4) is 0 Å². The highest BCUT2D eigenvalue weighted by Crippen LogP contribution is 2.41. The molecule has 0 saturated carbocycles. The largest absolute Gasteiger partial charge is 0.507 e. The van der Waals surface area contributed by atoms with Crippen LogP contribution in [0.15, 0.2) is 54.6 Å². The van der Waals surface area contributed by atoms with E-state index in [-0.39, 0.29) is 40.2 Å². The average Bonchev–Trinajstić information content (AvgIpc) is 2.97. The number of carbonyl (C=O) groups is 2. The number of carbonyl (C=O) groups excluding carboxylic acids is 2. The molecule has 272 valence electrons. The van der Waals surface area contributed by atoms with Crippen molar-refractivity contribution in [2.75, 3.05) is 7.11 Å². The maximum atomic E-state index is 12.3. The van der Waals surface area contributed by atoms with Crippen molar-refractivity contribution in [3.05, 3.63) is 93.5 Å². The topological polar surface area (TPSA) is 83.8 Å². The van der Waals surface area contributed by atoms with Gasteiger partial charge >= 0.3 is 5.97 Å². The van der Waals surface area contributed by atoms with Crippen LogP contribution in [0.1, 0.15) is 142 Å².